The van der Waals surface area contributed by atoms with Gasteiger partial charge in [-0.25, -0.2) is 15.0 Å². The van der Waals surface area contributed by atoms with E-state index >= 15 is 4.39 Å². The predicted molar refractivity (Wildman–Crippen MR) is 168 cm³/mol. The van der Waals surface area contributed by atoms with Crippen molar-refractivity contribution in [2.45, 2.75) is 57.4 Å². The summed E-state index contributed by atoms with van der Waals surface area (Å²) in [6, 6.07) is 3.54. The fourth-order valence-electron chi connectivity index (χ4n) is 6.12. The third-order valence-corrected chi connectivity index (χ3v) is 9.56. The normalized spacial score (nSPS) is 19.6. The molecule has 2 saturated heterocycles. The van der Waals surface area contributed by atoms with Gasteiger partial charge in [0.25, 0.3) is 0 Å². The lowest BCUT2D eigenvalue weighted by molar-refractivity contribution is -0.138. The number of nitrogens with zero attached hydrogens (tertiary/aromatic N) is 6. The smallest absolute Gasteiger partial charge is 0.416 e. The number of benzene rings is 1. The van der Waals surface area contributed by atoms with E-state index in [4.69, 9.17) is 21.4 Å². The summed E-state index contributed by atoms with van der Waals surface area (Å²) in [6.07, 6.45) is -0.356. The topological polar surface area (TPSA) is 107 Å². The molecule has 0 unspecified atom stereocenters. The monoisotopic (exact) mass is 685 g/mol. The van der Waals surface area contributed by atoms with Gasteiger partial charge in [-0.2, -0.15) is 17.6 Å². The number of aliphatic carboxylic acids is 1. The number of methoxy groups -OCH3 is 1. The standard InChI is InChI=1S/C30H36ClF4N7O3S/c1-3-21-5-4-7-41(21)15-23-26(18-11-19(30(33,34)35)13-20(31)12-18)38-29(46-23)39-27-25(32)28(37-17-36-27)42-10-9-40(8-6-24(43)44)22(14-42)16-45-2/h11-13,17,21-22H,3-10,14-16H2,1-2H3,(H,43,44)(H,36,37,38,39)/t21-,22+/m1/s1. The first-order chi connectivity index (χ1) is 22.0. The lowest BCUT2D eigenvalue weighted by Gasteiger charge is -2.41. The Labute approximate surface area is 273 Å². The summed E-state index contributed by atoms with van der Waals surface area (Å²) in [7, 11) is 1.55. The predicted octanol–water partition coefficient (Wildman–Crippen LogP) is 6.14. The molecule has 1 aromatic carbocycles. The molecule has 0 bridgehead atoms. The summed E-state index contributed by atoms with van der Waals surface area (Å²) in [4.78, 5) is 30.9. The number of anilines is 3. The number of rotatable bonds is 12. The SMILES string of the molecule is CC[C@@H]1CCCN1Cc1sc(Nc2ncnc(N3CCN(CCC(=O)O)[C@H](COC)C3)c2F)nc1-c1cc(Cl)cc(C(F)(F)F)c1. The fourth-order valence-corrected chi connectivity index (χ4v) is 7.36. The number of aromatic nitrogens is 3. The molecule has 2 aromatic heterocycles. The van der Waals surface area contributed by atoms with Gasteiger partial charge in [0, 0.05) is 61.3 Å². The van der Waals surface area contributed by atoms with Crippen LogP contribution in [-0.4, -0.2) is 94.4 Å². The Morgan fingerprint density at radius 1 is 1.17 bits per heavy atom. The van der Waals surface area contributed by atoms with Crippen LogP contribution >= 0.6 is 22.9 Å². The molecule has 2 aliphatic rings. The Hall–Kier alpha value is -3.11. The number of halogens is 5. The van der Waals surface area contributed by atoms with Crippen molar-refractivity contribution >= 4 is 45.7 Å². The number of likely N-dealkylation sites (tertiary alicyclic amines) is 1. The Morgan fingerprint density at radius 3 is 2.70 bits per heavy atom. The third-order valence-electron chi connectivity index (χ3n) is 8.39. The summed E-state index contributed by atoms with van der Waals surface area (Å²) < 4.78 is 62.4. The molecule has 0 aliphatic carbocycles. The second kappa shape index (κ2) is 14.8. The van der Waals surface area contributed by atoms with E-state index in [-0.39, 0.29) is 39.8 Å². The zero-order valence-electron chi connectivity index (χ0n) is 25.5. The lowest BCUT2D eigenvalue weighted by atomic mass is 10.1. The van der Waals surface area contributed by atoms with Crippen LogP contribution in [0.2, 0.25) is 5.02 Å². The lowest BCUT2D eigenvalue weighted by Crippen LogP contribution is -2.55. The van der Waals surface area contributed by atoms with Gasteiger partial charge in [0.2, 0.25) is 5.82 Å². The number of nitrogens with one attached hydrogen (secondary N) is 1. The van der Waals surface area contributed by atoms with Crippen molar-refractivity contribution in [1.29, 1.82) is 0 Å². The van der Waals surface area contributed by atoms with E-state index in [9.17, 15) is 18.0 Å². The van der Waals surface area contributed by atoms with Gasteiger partial charge in [-0.1, -0.05) is 29.9 Å². The molecule has 2 aliphatic heterocycles. The van der Waals surface area contributed by atoms with Crippen molar-refractivity contribution in [3.63, 3.8) is 0 Å². The quantitative estimate of drug-likeness (QED) is 0.216. The second-order valence-corrected chi connectivity index (χ2v) is 12.9. The number of ether oxygens (including phenoxy) is 1. The molecule has 250 valence electrons. The summed E-state index contributed by atoms with van der Waals surface area (Å²) in [6.45, 7) is 5.37. The highest BCUT2D eigenvalue weighted by atomic mass is 35.5. The van der Waals surface area contributed by atoms with Crippen molar-refractivity contribution < 1.29 is 32.2 Å². The number of carbonyl (C=O) groups is 1. The summed E-state index contributed by atoms with van der Waals surface area (Å²) in [5.74, 6) is -1.65. The van der Waals surface area contributed by atoms with Crippen LogP contribution in [0.4, 0.5) is 34.3 Å². The molecule has 0 amide bonds. The van der Waals surface area contributed by atoms with Crippen LogP contribution in [0.3, 0.4) is 0 Å². The largest absolute Gasteiger partial charge is 0.481 e. The van der Waals surface area contributed by atoms with Gasteiger partial charge < -0.3 is 20.1 Å². The minimum atomic E-state index is -4.59. The molecule has 3 aromatic rings. The first-order valence-electron chi connectivity index (χ1n) is 15.1. The molecule has 5 rings (SSSR count). The number of piperazine rings is 1. The number of carboxylic acids is 1. The number of thiazole rings is 1. The first-order valence-corrected chi connectivity index (χ1v) is 16.2. The zero-order valence-corrected chi connectivity index (χ0v) is 27.1. The summed E-state index contributed by atoms with van der Waals surface area (Å²) >= 11 is 7.37. The van der Waals surface area contributed by atoms with Crippen molar-refractivity contribution in [2.24, 2.45) is 0 Å². The van der Waals surface area contributed by atoms with Gasteiger partial charge in [0.1, 0.15) is 6.33 Å². The number of carboxylic acid groups (broad SMARTS) is 1. The molecule has 2 fully saturated rings. The highest BCUT2D eigenvalue weighted by Gasteiger charge is 2.33. The zero-order chi connectivity index (χ0) is 33.0. The van der Waals surface area contributed by atoms with Crippen LogP contribution in [0.1, 0.15) is 43.0 Å². The molecule has 46 heavy (non-hydrogen) atoms. The molecular weight excluding hydrogens is 650 g/mol. The highest BCUT2D eigenvalue weighted by Crippen LogP contribution is 2.40. The van der Waals surface area contributed by atoms with Gasteiger partial charge in [-0.3, -0.25) is 14.6 Å². The molecule has 2 N–H and O–H groups in total. The van der Waals surface area contributed by atoms with Gasteiger partial charge in [-0.05, 0) is 44.0 Å². The van der Waals surface area contributed by atoms with E-state index < -0.39 is 23.5 Å². The minimum Gasteiger partial charge on any atom is -0.481 e. The number of hydrogen-bond acceptors (Lipinski definition) is 10. The van der Waals surface area contributed by atoms with Crippen LogP contribution < -0.4 is 10.2 Å². The maximum Gasteiger partial charge on any atom is 0.416 e. The van der Waals surface area contributed by atoms with Gasteiger partial charge in [0.05, 0.1) is 30.3 Å². The highest BCUT2D eigenvalue weighted by molar-refractivity contribution is 7.16. The van der Waals surface area contributed by atoms with Crippen LogP contribution in [0.25, 0.3) is 11.3 Å². The van der Waals surface area contributed by atoms with E-state index in [0.29, 0.717) is 51.1 Å². The first kappa shape index (κ1) is 34.2. The maximum atomic E-state index is 16.0. The Morgan fingerprint density at radius 2 is 1.98 bits per heavy atom. The second-order valence-electron chi connectivity index (χ2n) is 11.4. The number of alkyl halides is 3. The van der Waals surface area contributed by atoms with E-state index in [1.54, 1.807) is 12.0 Å². The Bertz CT molecular complexity index is 1530. The molecule has 4 heterocycles. The molecule has 10 nitrogen and oxygen atoms in total. The molecular formula is C30H36ClF4N7O3S. The van der Waals surface area contributed by atoms with Crippen molar-refractivity contribution in [1.82, 2.24) is 24.8 Å². The summed E-state index contributed by atoms with van der Waals surface area (Å²) in [5.41, 5.74) is -0.311. The van der Waals surface area contributed by atoms with Gasteiger partial charge in [-0.15, -0.1) is 0 Å². The average molecular weight is 686 g/mol. The van der Waals surface area contributed by atoms with E-state index in [1.165, 1.54) is 23.7 Å². The third kappa shape index (κ3) is 8.05. The van der Waals surface area contributed by atoms with Crippen molar-refractivity contribution in [3.8, 4) is 11.3 Å². The van der Waals surface area contributed by atoms with Crippen LogP contribution in [0.5, 0.6) is 0 Å². The van der Waals surface area contributed by atoms with E-state index in [2.05, 4.69) is 32.1 Å². The van der Waals surface area contributed by atoms with E-state index in [0.717, 1.165) is 42.8 Å². The molecule has 16 heteroatoms. The van der Waals surface area contributed by atoms with Crippen molar-refractivity contribution in [3.05, 3.63) is 45.8 Å². The molecule has 0 spiro atoms. The Kier molecular flexibility index (Phi) is 11.0. The van der Waals surface area contributed by atoms with Crippen LogP contribution in [0.15, 0.2) is 24.5 Å². The molecule has 2 atom stereocenters. The van der Waals surface area contributed by atoms with Gasteiger partial charge in [0.15, 0.2) is 16.8 Å². The fraction of sp³-hybridized carbons (Fsp3) is 0.533. The molecule has 0 radical (unpaired) electrons. The Balaban J connectivity index is 1.43. The summed E-state index contributed by atoms with van der Waals surface area (Å²) in [5, 5.41) is 12.3. The van der Waals surface area contributed by atoms with Crippen molar-refractivity contribution in [2.75, 3.05) is 56.7 Å². The number of hydrogen-bond donors (Lipinski definition) is 2. The van der Waals surface area contributed by atoms with Crippen LogP contribution in [0, 0.1) is 5.82 Å². The minimum absolute atomic E-state index is 0.0164. The maximum absolute atomic E-state index is 16.0. The molecule has 0 saturated carbocycles. The average Bonchev–Trinajstić information content (AvgIpc) is 3.63. The van der Waals surface area contributed by atoms with Gasteiger partial charge >= 0.3 is 12.1 Å². The van der Waals surface area contributed by atoms with Crippen LogP contribution in [-0.2, 0) is 22.3 Å². The van der Waals surface area contributed by atoms with E-state index in [1.807, 2.05) is 4.90 Å².